The maximum Gasteiger partial charge on any atom is 0.302 e. The van der Waals surface area contributed by atoms with E-state index in [2.05, 4.69) is 34.6 Å². The fourth-order valence-electron chi connectivity index (χ4n) is 9.96. The Labute approximate surface area is 195 Å². The van der Waals surface area contributed by atoms with E-state index in [1.807, 2.05) is 0 Å². The molecule has 4 nitrogen and oxygen atoms in total. The second-order valence-electron chi connectivity index (χ2n) is 13.1. The molecule has 0 aromatic rings. The molecule has 4 aliphatic carbocycles. The van der Waals surface area contributed by atoms with E-state index in [0.29, 0.717) is 30.1 Å². The molecule has 0 bridgehead atoms. The number of esters is 1. The van der Waals surface area contributed by atoms with Crippen LogP contribution in [-0.4, -0.2) is 29.1 Å². The number of hydrogen-bond acceptors (Lipinski definition) is 4. The first-order chi connectivity index (χ1) is 14.8. The van der Waals surface area contributed by atoms with Crippen LogP contribution >= 0.6 is 0 Å². The van der Waals surface area contributed by atoms with Gasteiger partial charge in [-0.15, -0.1) is 0 Å². The fourth-order valence-corrected chi connectivity index (χ4v) is 9.96. The number of carbonyl (C=O) groups is 2. The molecule has 4 unspecified atom stereocenters. The Bertz CT molecular complexity index is 777. The van der Waals surface area contributed by atoms with E-state index in [0.717, 1.165) is 6.42 Å². The number of ether oxygens (including phenoxy) is 1. The van der Waals surface area contributed by atoms with Crippen molar-refractivity contribution in [2.24, 2.45) is 45.3 Å². The number of carbonyl (C=O) groups excluding carboxylic acids is 2. The van der Waals surface area contributed by atoms with Crippen LogP contribution < -0.4 is 0 Å². The minimum Gasteiger partial charge on any atom is -0.462 e. The van der Waals surface area contributed by atoms with Crippen LogP contribution in [0.3, 0.4) is 0 Å². The van der Waals surface area contributed by atoms with Gasteiger partial charge in [0.25, 0.3) is 0 Å². The summed E-state index contributed by atoms with van der Waals surface area (Å²) < 4.78 is 6.09. The molecule has 1 N–H and O–H groups in total. The van der Waals surface area contributed by atoms with Gasteiger partial charge < -0.3 is 9.84 Å². The van der Waals surface area contributed by atoms with Crippen LogP contribution in [0, 0.1) is 45.3 Å². The molecule has 0 aliphatic heterocycles. The number of fused-ring (bicyclic) bond motifs is 5. The Morgan fingerprint density at radius 1 is 0.906 bits per heavy atom. The summed E-state index contributed by atoms with van der Waals surface area (Å²) in [7, 11) is 0. The topological polar surface area (TPSA) is 63.6 Å². The number of aliphatic hydroxyl groups excluding tert-OH is 1. The van der Waals surface area contributed by atoms with Crippen LogP contribution in [0.1, 0.15) is 106 Å². The van der Waals surface area contributed by atoms with Gasteiger partial charge in [0.05, 0.1) is 6.10 Å². The van der Waals surface area contributed by atoms with Gasteiger partial charge in [-0.3, -0.25) is 9.59 Å². The molecule has 0 aromatic carbocycles. The van der Waals surface area contributed by atoms with E-state index in [4.69, 9.17) is 4.74 Å². The largest absolute Gasteiger partial charge is 0.462 e. The van der Waals surface area contributed by atoms with Crippen molar-refractivity contribution in [2.75, 3.05) is 0 Å². The molecule has 10 atom stereocenters. The van der Waals surface area contributed by atoms with Crippen molar-refractivity contribution in [1.29, 1.82) is 0 Å². The Morgan fingerprint density at radius 3 is 2.12 bits per heavy atom. The van der Waals surface area contributed by atoms with E-state index in [1.54, 1.807) is 6.92 Å². The lowest BCUT2D eigenvalue weighted by Gasteiger charge is -2.71. The number of ketones is 1. The average molecular weight is 447 g/mol. The molecule has 0 spiro atoms. The zero-order valence-corrected chi connectivity index (χ0v) is 21.5. The number of aliphatic hydroxyl groups is 1. The third-order valence-corrected chi connectivity index (χ3v) is 11.7. The van der Waals surface area contributed by atoms with Crippen LogP contribution in [0.25, 0.3) is 0 Å². The lowest BCUT2D eigenvalue weighted by molar-refractivity contribution is -0.251. The van der Waals surface area contributed by atoms with Gasteiger partial charge in [0.1, 0.15) is 11.9 Å². The summed E-state index contributed by atoms with van der Waals surface area (Å²) in [6, 6.07) is 0. The van der Waals surface area contributed by atoms with Gasteiger partial charge in [-0.1, -0.05) is 47.5 Å². The molecule has 0 heterocycles. The quantitative estimate of drug-likeness (QED) is 0.545. The maximum atomic E-state index is 12.4. The second-order valence-corrected chi connectivity index (χ2v) is 13.1. The number of Topliss-reactive ketones (excluding diaryl/α,β-unsaturated/α-hetero) is 1. The first-order valence-corrected chi connectivity index (χ1v) is 13.2. The van der Waals surface area contributed by atoms with E-state index >= 15 is 0 Å². The lowest BCUT2D eigenvalue weighted by Crippen LogP contribution is -2.67. The molecule has 0 aromatic heterocycles. The summed E-state index contributed by atoms with van der Waals surface area (Å²) in [4.78, 5) is 24.6. The molecule has 4 heteroatoms. The first-order valence-electron chi connectivity index (χ1n) is 13.2. The Morgan fingerprint density at radius 2 is 1.53 bits per heavy atom. The average Bonchev–Trinajstić information content (AvgIpc) is 2.70. The fraction of sp³-hybridized carbons (Fsp3) is 0.929. The van der Waals surface area contributed by atoms with Crippen molar-refractivity contribution in [3.8, 4) is 0 Å². The second kappa shape index (κ2) is 7.82. The monoisotopic (exact) mass is 446 g/mol. The van der Waals surface area contributed by atoms with Gasteiger partial charge in [0.15, 0.2) is 0 Å². The van der Waals surface area contributed by atoms with Crippen LogP contribution in [0.4, 0.5) is 0 Å². The highest BCUT2D eigenvalue weighted by Gasteiger charge is 2.68. The molecule has 182 valence electrons. The van der Waals surface area contributed by atoms with Crippen molar-refractivity contribution in [3.05, 3.63) is 0 Å². The van der Waals surface area contributed by atoms with E-state index in [1.165, 1.54) is 45.4 Å². The molecule has 0 amide bonds. The molecule has 4 aliphatic rings. The van der Waals surface area contributed by atoms with Gasteiger partial charge >= 0.3 is 5.97 Å². The van der Waals surface area contributed by atoms with Gasteiger partial charge in [0.2, 0.25) is 0 Å². The number of hydrogen-bond donors (Lipinski definition) is 1. The van der Waals surface area contributed by atoms with Crippen LogP contribution in [0.5, 0.6) is 0 Å². The summed E-state index contributed by atoms with van der Waals surface area (Å²) >= 11 is 0. The third kappa shape index (κ3) is 3.33. The van der Waals surface area contributed by atoms with E-state index in [9.17, 15) is 14.7 Å². The van der Waals surface area contributed by atoms with Gasteiger partial charge in [-0.05, 0) is 85.9 Å². The highest BCUT2D eigenvalue weighted by Crippen LogP contribution is 2.73. The van der Waals surface area contributed by atoms with Crippen molar-refractivity contribution >= 4 is 11.8 Å². The highest BCUT2D eigenvalue weighted by atomic mass is 16.5. The first kappa shape index (κ1) is 24.2. The van der Waals surface area contributed by atoms with Gasteiger partial charge in [-0.25, -0.2) is 0 Å². The molecule has 0 saturated heterocycles. The predicted molar refractivity (Wildman–Crippen MR) is 126 cm³/mol. The van der Waals surface area contributed by atoms with Crippen LogP contribution in [-0.2, 0) is 14.3 Å². The minimum absolute atomic E-state index is 0.0627. The predicted octanol–water partition coefficient (Wildman–Crippen LogP) is 5.94. The Balaban J connectivity index is 1.79. The normalized spacial score (nSPS) is 52.9. The van der Waals surface area contributed by atoms with E-state index < -0.39 is 6.10 Å². The molecule has 4 rings (SSSR count). The smallest absolute Gasteiger partial charge is 0.302 e. The highest BCUT2D eigenvalue weighted by molar-refractivity contribution is 5.79. The summed E-state index contributed by atoms with van der Waals surface area (Å²) in [6.45, 7) is 15.3. The summed E-state index contributed by atoms with van der Waals surface area (Å²) in [5.74, 6) is 0.933. The zero-order valence-electron chi connectivity index (χ0n) is 21.5. The summed E-state index contributed by atoms with van der Waals surface area (Å²) in [5, 5.41) is 11.1. The Kier molecular flexibility index (Phi) is 5.92. The van der Waals surface area contributed by atoms with Crippen LogP contribution in [0.15, 0.2) is 0 Å². The lowest BCUT2D eigenvalue weighted by atomic mass is 9.34. The SMILES string of the molecule is CC[C@@]1(C)CCC[C@@]2(C)C1CC[C@]1(C)C2C[C@H](OC(C)=O)[C@]2(C)CC(C(C)=O)[C@@H](O)CC12. The van der Waals surface area contributed by atoms with Crippen molar-refractivity contribution in [3.63, 3.8) is 0 Å². The molecule has 4 saturated carbocycles. The van der Waals surface area contributed by atoms with Gasteiger partial charge in [-0.2, -0.15) is 0 Å². The zero-order chi connectivity index (χ0) is 23.7. The minimum atomic E-state index is -0.586. The number of rotatable bonds is 3. The molecule has 0 radical (unpaired) electrons. The molecular weight excluding hydrogens is 400 g/mol. The summed E-state index contributed by atoms with van der Waals surface area (Å²) in [5.41, 5.74) is 0.458. The van der Waals surface area contributed by atoms with Gasteiger partial charge in [0, 0.05) is 18.3 Å². The Hall–Kier alpha value is -0.900. The van der Waals surface area contributed by atoms with Crippen molar-refractivity contribution in [1.82, 2.24) is 0 Å². The molecular formula is C28H46O4. The maximum absolute atomic E-state index is 12.4. The standard InChI is InChI=1S/C28H46O4/c1-8-25(4)11-9-12-26(5)21(25)10-13-27(6)22-14-20(31)19(17(2)29)16-28(22,7)24(15-23(26)27)32-18(3)30/h19-24,31H,8-16H2,1-7H3/t19?,20-,21?,22?,23?,24-,25-,26-,27-,28+/m0/s1. The molecule has 32 heavy (non-hydrogen) atoms. The summed E-state index contributed by atoms with van der Waals surface area (Å²) in [6.07, 6.45) is 8.92. The molecule has 4 fully saturated rings. The van der Waals surface area contributed by atoms with Crippen molar-refractivity contribution < 1.29 is 19.4 Å². The van der Waals surface area contributed by atoms with Crippen LogP contribution in [0.2, 0.25) is 0 Å². The van der Waals surface area contributed by atoms with E-state index in [-0.39, 0.29) is 45.9 Å². The van der Waals surface area contributed by atoms with Crippen molar-refractivity contribution in [2.45, 2.75) is 118 Å². The third-order valence-electron chi connectivity index (χ3n) is 11.7.